The summed E-state index contributed by atoms with van der Waals surface area (Å²) in [5.74, 6) is 0.171. The van der Waals surface area contributed by atoms with Crippen LogP contribution >= 0.6 is 11.6 Å². The van der Waals surface area contributed by atoms with Gasteiger partial charge in [-0.3, -0.25) is 4.98 Å². The lowest BCUT2D eigenvalue weighted by Gasteiger charge is -2.38. The maximum Gasteiger partial charge on any atom is 0.337 e. The summed E-state index contributed by atoms with van der Waals surface area (Å²) in [5, 5.41) is 28.6. The highest BCUT2D eigenvalue weighted by atomic mass is 35.5. The molecule has 2 bridgehead atoms. The predicted molar refractivity (Wildman–Crippen MR) is 102 cm³/mol. The first-order valence-electron chi connectivity index (χ1n) is 9.12. The summed E-state index contributed by atoms with van der Waals surface area (Å²) in [5.41, 5.74) is 1.29. The summed E-state index contributed by atoms with van der Waals surface area (Å²) < 4.78 is 0. The number of aromatic nitrogens is 1. The Kier molecular flexibility index (Phi) is 4.08. The number of carboxylic acids is 1. The van der Waals surface area contributed by atoms with Crippen LogP contribution in [0.25, 0.3) is 0 Å². The van der Waals surface area contributed by atoms with Gasteiger partial charge in [-0.1, -0.05) is 16.8 Å². The minimum absolute atomic E-state index is 0.220. The van der Waals surface area contributed by atoms with Crippen molar-refractivity contribution in [1.29, 1.82) is 0 Å². The lowest BCUT2D eigenvalue weighted by molar-refractivity contribution is 0.0696. The number of benzene rings is 1. The largest absolute Gasteiger partial charge is 0.478 e. The Morgan fingerprint density at radius 3 is 2.39 bits per heavy atom. The van der Waals surface area contributed by atoms with Crippen molar-refractivity contribution in [3.05, 3.63) is 59.4 Å². The quantitative estimate of drug-likeness (QED) is 0.831. The summed E-state index contributed by atoms with van der Waals surface area (Å²) in [6.45, 7) is 0. The van der Waals surface area contributed by atoms with Gasteiger partial charge in [-0.05, 0) is 42.8 Å². The third kappa shape index (κ3) is 2.67. The van der Waals surface area contributed by atoms with Gasteiger partial charge in [0.05, 0.1) is 17.3 Å². The Hall–Kier alpha value is -2.87. The molecule has 6 atom stereocenters. The number of carboxylic acid groups (broad SMARTS) is 1. The summed E-state index contributed by atoms with van der Waals surface area (Å²) in [6, 6.07) is 12.4. The molecule has 1 N–H and O–H groups in total. The van der Waals surface area contributed by atoms with Gasteiger partial charge in [-0.25, -0.2) is 9.80 Å². The molecule has 4 aliphatic rings. The van der Waals surface area contributed by atoms with Gasteiger partial charge >= 0.3 is 5.97 Å². The minimum Gasteiger partial charge on any atom is -0.478 e. The second-order valence-corrected chi connectivity index (χ2v) is 7.77. The number of aromatic carboxylic acids is 1. The monoisotopic (exact) mass is 396 g/mol. The van der Waals surface area contributed by atoms with Gasteiger partial charge in [0.1, 0.15) is 18.1 Å². The molecule has 8 nitrogen and oxygen atoms in total. The lowest BCUT2D eigenvalue weighted by atomic mass is 9.82. The summed E-state index contributed by atoms with van der Waals surface area (Å²) in [4.78, 5) is 13.8. The number of rotatable bonds is 2. The van der Waals surface area contributed by atoms with Gasteiger partial charge in [0.15, 0.2) is 0 Å². The van der Waals surface area contributed by atoms with E-state index in [-0.39, 0.29) is 5.56 Å². The molecule has 0 saturated heterocycles. The van der Waals surface area contributed by atoms with Crippen molar-refractivity contribution in [2.24, 2.45) is 32.4 Å². The molecule has 2 fully saturated rings. The number of pyridine rings is 1. The molecule has 0 unspecified atom stereocenters. The molecule has 9 heteroatoms. The highest BCUT2D eigenvalue weighted by molar-refractivity contribution is 6.30. The molecule has 2 saturated carbocycles. The maximum absolute atomic E-state index is 10.2. The zero-order valence-corrected chi connectivity index (χ0v) is 15.5. The average Bonchev–Trinajstić information content (AvgIpc) is 3.32. The van der Waals surface area contributed by atoms with E-state index < -0.39 is 5.97 Å². The van der Waals surface area contributed by atoms with Gasteiger partial charge in [0, 0.05) is 29.3 Å². The Bertz CT molecular complexity index is 951. The number of carbonyl (C=O) groups is 1. The topological polar surface area (TPSA) is 103 Å². The summed E-state index contributed by atoms with van der Waals surface area (Å²) >= 11 is 5.94. The van der Waals surface area contributed by atoms with Crippen molar-refractivity contribution in [3.8, 4) is 0 Å². The highest BCUT2D eigenvalue weighted by Gasteiger charge is 2.65. The number of fused-ring (bicyclic) bond motifs is 8. The van der Waals surface area contributed by atoms with Crippen molar-refractivity contribution >= 4 is 23.3 Å². The minimum atomic E-state index is -0.942. The molecule has 142 valence electrons. The van der Waals surface area contributed by atoms with Crippen molar-refractivity contribution < 1.29 is 9.90 Å². The van der Waals surface area contributed by atoms with E-state index in [1.807, 2.05) is 24.3 Å². The van der Waals surface area contributed by atoms with Crippen LogP contribution in [0, 0.1) is 11.8 Å². The zero-order valence-electron chi connectivity index (χ0n) is 14.7. The molecular formula is C19H17ClN6O2. The Morgan fingerprint density at radius 2 is 1.79 bits per heavy atom. The molecule has 0 spiro atoms. The maximum atomic E-state index is 10.2. The van der Waals surface area contributed by atoms with Crippen LogP contribution in [0.5, 0.6) is 0 Å². The molecule has 1 aromatic carbocycles. The third-order valence-electron chi connectivity index (χ3n) is 5.90. The number of azo groups is 1. The van der Waals surface area contributed by atoms with E-state index in [9.17, 15) is 4.79 Å². The molecule has 6 rings (SSSR count). The fourth-order valence-corrected chi connectivity index (χ4v) is 4.77. The molecular weight excluding hydrogens is 380 g/mol. The van der Waals surface area contributed by atoms with E-state index in [0.717, 1.165) is 10.7 Å². The number of halogens is 1. The number of hydrogen-bond acceptors (Lipinski definition) is 7. The number of nitrogens with zero attached hydrogens (tertiary/aromatic N) is 6. The Labute approximate surface area is 165 Å². The smallest absolute Gasteiger partial charge is 0.337 e. The first-order valence-corrected chi connectivity index (χ1v) is 9.50. The molecule has 2 aromatic rings. The van der Waals surface area contributed by atoms with Crippen LogP contribution in [0.4, 0.5) is 5.69 Å². The van der Waals surface area contributed by atoms with Crippen molar-refractivity contribution in [2.45, 2.75) is 30.6 Å². The van der Waals surface area contributed by atoms with Crippen molar-refractivity contribution in [3.63, 3.8) is 0 Å². The van der Waals surface area contributed by atoms with Crippen LogP contribution in [0.3, 0.4) is 0 Å². The van der Waals surface area contributed by atoms with E-state index >= 15 is 0 Å². The first-order chi connectivity index (χ1) is 13.6. The molecule has 0 radical (unpaired) electrons. The van der Waals surface area contributed by atoms with Crippen LogP contribution in [0.15, 0.2) is 69.4 Å². The molecule has 1 aromatic heterocycles. The van der Waals surface area contributed by atoms with Gasteiger partial charge in [0.2, 0.25) is 0 Å². The van der Waals surface area contributed by atoms with E-state index in [2.05, 4.69) is 30.6 Å². The number of anilines is 1. The zero-order chi connectivity index (χ0) is 19.3. The van der Waals surface area contributed by atoms with Crippen molar-refractivity contribution in [2.75, 3.05) is 5.01 Å². The standard InChI is InChI=1S/C13H12ClN5.C6H5NO2/c14-6-1-3-7(4-2-6)19-13-9-5-8(12(13)17-18-19)10-11(9)16-15-10;8-6(9)5-2-1-3-7-4-5/h1-4,8-13H,5H2;1-4H,(H,8,9)/t8-,9+,10+,11-,12-,13+;/m1./s1. The normalized spacial score (nSPS) is 33.0. The van der Waals surface area contributed by atoms with E-state index in [4.69, 9.17) is 16.7 Å². The van der Waals surface area contributed by atoms with E-state index in [0.29, 0.717) is 36.0 Å². The van der Waals surface area contributed by atoms with Gasteiger partial charge < -0.3 is 5.11 Å². The summed E-state index contributed by atoms with van der Waals surface area (Å²) in [7, 11) is 0. The fourth-order valence-electron chi connectivity index (χ4n) is 4.64. The van der Waals surface area contributed by atoms with Gasteiger partial charge in [0.25, 0.3) is 0 Å². The van der Waals surface area contributed by atoms with E-state index in [1.165, 1.54) is 24.9 Å². The average molecular weight is 397 g/mol. The Morgan fingerprint density at radius 1 is 1.04 bits per heavy atom. The third-order valence-corrected chi connectivity index (χ3v) is 6.15. The van der Waals surface area contributed by atoms with Crippen LogP contribution < -0.4 is 5.01 Å². The highest BCUT2D eigenvalue weighted by Crippen LogP contribution is 2.56. The molecule has 2 aliphatic carbocycles. The van der Waals surface area contributed by atoms with Gasteiger partial charge in [-0.2, -0.15) is 15.3 Å². The second-order valence-electron chi connectivity index (χ2n) is 7.33. The van der Waals surface area contributed by atoms with E-state index in [1.54, 1.807) is 6.07 Å². The van der Waals surface area contributed by atoms with Crippen LogP contribution in [-0.2, 0) is 0 Å². The van der Waals surface area contributed by atoms with Crippen LogP contribution in [0.2, 0.25) is 5.02 Å². The molecule has 2 aliphatic heterocycles. The van der Waals surface area contributed by atoms with Crippen LogP contribution in [-0.4, -0.2) is 40.2 Å². The number of hydrogen-bond donors (Lipinski definition) is 1. The molecule has 28 heavy (non-hydrogen) atoms. The first kappa shape index (κ1) is 17.2. The van der Waals surface area contributed by atoms with Crippen LogP contribution in [0.1, 0.15) is 16.8 Å². The molecule has 3 heterocycles. The lowest BCUT2D eigenvalue weighted by Crippen LogP contribution is -2.52. The fraction of sp³-hybridized carbons (Fsp3) is 0.368. The predicted octanol–water partition coefficient (Wildman–Crippen LogP) is 3.90. The SMILES string of the molecule is Clc1ccc(N2N=N[C@@H]3[C@@H]4C[C@@H]([C@H]5N=N[C@@H]45)[C@@H]32)cc1.O=C(O)c1cccnc1. The summed E-state index contributed by atoms with van der Waals surface area (Å²) in [6.07, 6.45) is 4.04. The molecule has 0 amide bonds. The van der Waals surface area contributed by atoms with Gasteiger partial charge in [-0.15, -0.1) is 0 Å². The Balaban J connectivity index is 0.000000162. The van der Waals surface area contributed by atoms with Crippen molar-refractivity contribution in [1.82, 2.24) is 4.98 Å². The second kappa shape index (κ2) is 6.63.